The van der Waals surface area contributed by atoms with Crippen LogP contribution in [-0.4, -0.2) is 5.78 Å². The molecular formula is C17H18O2. The summed E-state index contributed by atoms with van der Waals surface area (Å²) in [6.45, 7) is 6.06. The van der Waals surface area contributed by atoms with Gasteiger partial charge >= 0.3 is 0 Å². The third-order valence-electron chi connectivity index (χ3n) is 3.28. The van der Waals surface area contributed by atoms with Crippen molar-refractivity contribution in [3.63, 3.8) is 0 Å². The number of Topliss-reactive ketones (excluding diaryl/α,β-unsaturated/α-hetero) is 1. The van der Waals surface area contributed by atoms with Gasteiger partial charge in [0, 0.05) is 0 Å². The van der Waals surface area contributed by atoms with Crippen LogP contribution < -0.4 is 4.74 Å². The molecule has 0 atom stereocenters. The van der Waals surface area contributed by atoms with Gasteiger partial charge in [-0.3, -0.25) is 4.79 Å². The van der Waals surface area contributed by atoms with Gasteiger partial charge in [-0.25, -0.2) is 0 Å². The Morgan fingerprint density at radius 1 is 1.05 bits per heavy atom. The first-order valence-electron chi connectivity index (χ1n) is 6.37. The topological polar surface area (TPSA) is 26.3 Å². The zero-order chi connectivity index (χ0) is 13.8. The molecule has 0 radical (unpaired) electrons. The Labute approximate surface area is 114 Å². The molecule has 19 heavy (non-hydrogen) atoms. The van der Waals surface area contributed by atoms with Crippen molar-refractivity contribution < 1.29 is 9.53 Å². The van der Waals surface area contributed by atoms with Gasteiger partial charge in [-0.15, -0.1) is 0 Å². The smallest absolute Gasteiger partial charge is 0.163 e. The zero-order valence-corrected chi connectivity index (χ0v) is 11.6. The van der Waals surface area contributed by atoms with Gasteiger partial charge < -0.3 is 4.74 Å². The summed E-state index contributed by atoms with van der Waals surface area (Å²) in [6.07, 6.45) is 0. The summed E-state index contributed by atoms with van der Waals surface area (Å²) >= 11 is 0. The van der Waals surface area contributed by atoms with Gasteiger partial charge in [0.1, 0.15) is 12.4 Å². The summed E-state index contributed by atoms with van der Waals surface area (Å²) < 4.78 is 5.88. The molecular weight excluding hydrogens is 236 g/mol. The van der Waals surface area contributed by atoms with Crippen LogP contribution in [0.2, 0.25) is 0 Å². The Bertz CT molecular complexity index is 586. The van der Waals surface area contributed by atoms with E-state index >= 15 is 0 Å². The Morgan fingerprint density at radius 3 is 2.37 bits per heavy atom. The number of ketones is 1. The van der Waals surface area contributed by atoms with E-state index in [0.717, 1.165) is 16.7 Å². The Balaban J connectivity index is 2.28. The van der Waals surface area contributed by atoms with Gasteiger partial charge in [0.05, 0.1) is 5.56 Å². The van der Waals surface area contributed by atoms with Crippen LogP contribution in [0.15, 0.2) is 42.5 Å². The molecule has 98 valence electrons. The van der Waals surface area contributed by atoms with E-state index in [4.69, 9.17) is 4.74 Å². The zero-order valence-electron chi connectivity index (χ0n) is 11.6. The minimum absolute atomic E-state index is 0.0335. The van der Waals surface area contributed by atoms with E-state index in [-0.39, 0.29) is 5.78 Å². The van der Waals surface area contributed by atoms with Crippen molar-refractivity contribution in [1.82, 2.24) is 0 Å². The van der Waals surface area contributed by atoms with Gasteiger partial charge in [0.25, 0.3) is 0 Å². The van der Waals surface area contributed by atoms with Crippen LogP contribution in [0.5, 0.6) is 5.75 Å². The summed E-state index contributed by atoms with van der Waals surface area (Å²) in [6, 6.07) is 13.8. The van der Waals surface area contributed by atoms with E-state index in [0.29, 0.717) is 17.9 Å². The summed E-state index contributed by atoms with van der Waals surface area (Å²) in [4.78, 5) is 11.7. The van der Waals surface area contributed by atoms with Crippen LogP contribution in [0.25, 0.3) is 0 Å². The molecule has 0 spiro atoms. The fourth-order valence-corrected chi connectivity index (χ4v) is 1.98. The highest BCUT2D eigenvalue weighted by Gasteiger charge is 2.13. The maximum Gasteiger partial charge on any atom is 0.163 e. The normalized spacial score (nSPS) is 10.3. The van der Waals surface area contributed by atoms with Gasteiger partial charge in [0.15, 0.2) is 5.78 Å². The largest absolute Gasteiger partial charge is 0.488 e. The second-order valence-corrected chi connectivity index (χ2v) is 4.71. The molecule has 0 fully saturated rings. The summed E-state index contributed by atoms with van der Waals surface area (Å²) in [7, 11) is 0. The van der Waals surface area contributed by atoms with Crippen LogP contribution in [-0.2, 0) is 6.61 Å². The lowest BCUT2D eigenvalue weighted by Crippen LogP contribution is -2.04. The van der Waals surface area contributed by atoms with E-state index < -0.39 is 0 Å². The molecule has 0 saturated heterocycles. The van der Waals surface area contributed by atoms with Crippen molar-refractivity contribution in [3.05, 3.63) is 64.7 Å². The quantitative estimate of drug-likeness (QED) is 0.768. The van der Waals surface area contributed by atoms with Crippen LogP contribution in [0.3, 0.4) is 0 Å². The summed E-state index contributed by atoms with van der Waals surface area (Å²) in [5.74, 6) is 0.738. The van der Waals surface area contributed by atoms with Gasteiger partial charge in [-0.2, -0.15) is 0 Å². The molecule has 0 heterocycles. The highest BCUT2D eigenvalue weighted by atomic mass is 16.5. The van der Waals surface area contributed by atoms with Crippen molar-refractivity contribution in [2.24, 2.45) is 0 Å². The predicted octanol–water partition coefficient (Wildman–Crippen LogP) is 4.09. The molecule has 0 aliphatic carbocycles. The molecule has 0 amide bonds. The highest BCUT2D eigenvalue weighted by Crippen LogP contribution is 2.27. The highest BCUT2D eigenvalue weighted by molar-refractivity contribution is 5.97. The number of carbonyl (C=O) groups excluding carboxylic acids is 1. The number of carbonyl (C=O) groups is 1. The Hall–Kier alpha value is -2.09. The molecule has 0 bridgehead atoms. The van der Waals surface area contributed by atoms with Gasteiger partial charge in [-0.05, 0) is 43.5 Å². The summed E-state index contributed by atoms with van der Waals surface area (Å²) in [5, 5.41) is 0. The van der Waals surface area contributed by atoms with Crippen molar-refractivity contribution in [2.75, 3.05) is 0 Å². The molecule has 0 aliphatic rings. The number of benzene rings is 2. The number of aryl methyl sites for hydroxylation is 1. The lowest BCUT2D eigenvalue weighted by molar-refractivity contribution is 0.101. The molecule has 0 aliphatic heterocycles. The maximum atomic E-state index is 11.7. The monoisotopic (exact) mass is 254 g/mol. The predicted molar refractivity (Wildman–Crippen MR) is 76.7 cm³/mol. The van der Waals surface area contributed by atoms with E-state index in [9.17, 15) is 4.79 Å². The Kier molecular flexibility index (Phi) is 4.00. The van der Waals surface area contributed by atoms with E-state index in [1.54, 1.807) is 6.92 Å². The molecule has 2 nitrogen and oxygen atoms in total. The van der Waals surface area contributed by atoms with Crippen LogP contribution >= 0.6 is 0 Å². The molecule has 0 saturated carbocycles. The van der Waals surface area contributed by atoms with Crippen molar-refractivity contribution in [3.8, 4) is 5.75 Å². The number of hydrogen-bond acceptors (Lipinski definition) is 2. The fraction of sp³-hybridized carbons (Fsp3) is 0.235. The molecule has 2 heteroatoms. The molecule has 0 N–H and O–H groups in total. The van der Waals surface area contributed by atoms with E-state index in [1.165, 1.54) is 0 Å². The first-order chi connectivity index (χ1) is 9.09. The minimum atomic E-state index is 0.0335. The lowest BCUT2D eigenvalue weighted by atomic mass is 10.0. The van der Waals surface area contributed by atoms with E-state index in [1.807, 2.05) is 56.3 Å². The molecule has 2 aromatic carbocycles. The van der Waals surface area contributed by atoms with Crippen molar-refractivity contribution in [1.29, 1.82) is 0 Å². The molecule has 2 rings (SSSR count). The molecule has 2 aromatic rings. The van der Waals surface area contributed by atoms with Crippen LogP contribution in [0.1, 0.15) is 34.0 Å². The second kappa shape index (κ2) is 5.70. The first-order valence-corrected chi connectivity index (χ1v) is 6.37. The van der Waals surface area contributed by atoms with Crippen molar-refractivity contribution >= 4 is 5.78 Å². The summed E-state index contributed by atoms with van der Waals surface area (Å²) in [5.41, 5.74) is 3.91. The first kappa shape index (κ1) is 13.3. The second-order valence-electron chi connectivity index (χ2n) is 4.71. The van der Waals surface area contributed by atoms with Crippen LogP contribution in [0.4, 0.5) is 0 Å². The third kappa shape index (κ3) is 3.02. The standard InChI is InChI=1S/C17H18O2/c1-12-9-10-16(14(3)18)17(13(12)2)19-11-15-7-5-4-6-8-15/h4-10H,11H2,1-3H3. The van der Waals surface area contributed by atoms with Crippen molar-refractivity contribution in [2.45, 2.75) is 27.4 Å². The van der Waals surface area contributed by atoms with Gasteiger partial charge in [-0.1, -0.05) is 36.4 Å². The van der Waals surface area contributed by atoms with Crippen LogP contribution in [0, 0.1) is 13.8 Å². The minimum Gasteiger partial charge on any atom is -0.488 e. The maximum absolute atomic E-state index is 11.7. The van der Waals surface area contributed by atoms with Gasteiger partial charge in [0.2, 0.25) is 0 Å². The molecule has 0 unspecified atom stereocenters. The number of rotatable bonds is 4. The number of hydrogen-bond donors (Lipinski definition) is 0. The number of ether oxygens (including phenoxy) is 1. The SMILES string of the molecule is CC(=O)c1ccc(C)c(C)c1OCc1ccccc1. The molecule has 0 aromatic heterocycles. The van der Waals surface area contributed by atoms with E-state index in [2.05, 4.69) is 0 Å². The average Bonchev–Trinajstić information content (AvgIpc) is 2.41. The fourth-order valence-electron chi connectivity index (χ4n) is 1.98. The average molecular weight is 254 g/mol. The third-order valence-corrected chi connectivity index (χ3v) is 3.28. The Morgan fingerprint density at radius 2 is 1.74 bits per heavy atom. The lowest BCUT2D eigenvalue weighted by Gasteiger charge is -2.14.